The van der Waals surface area contributed by atoms with Crippen LogP contribution in [0.15, 0.2) is 24.4 Å². The van der Waals surface area contributed by atoms with Crippen molar-refractivity contribution >= 4 is 17.5 Å². The summed E-state index contributed by atoms with van der Waals surface area (Å²) in [5, 5.41) is 2.65. The van der Waals surface area contributed by atoms with Crippen molar-refractivity contribution in [1.82, 2.24) is 14.9 Å². The van der Waals surface area contributed by atoms with Gasteiger partial charge in [-0.05, 0) is 23.6 Å². The molecule has 1 N–H and O–H groups in total. The number of benzene rings is 1. The number of carbonyl (C=O) groups excluding carboxylic acids is 2. The number of anilines is 1. The van der Waals surface area contributed by atoms with Gasteiger partial charge < -0.3 is 10.2 Å². The molecule has 2 aliphatic rings. The number of aromatic nitrogens is 2. The van der Waals surface area contributed by atoms with Gasteiger partial charge in [0.25, 0.3) is 0 Å². The summed E-state index contributed by atoms with van der Waals surface area (Å²) in [6.07, 6.45) is 2.65. The molecule has 0 saturated carbocycles. The zero-order chi connectivity index (χ0) is 19.1. The lowest BCUT2D eigenvalue weighted by molar-refractivity contribution is -0.135. The van der Waals surface area contributed by atoms with E-state index in [1.54, 1.807) is 17.2 Å². The second-order valence-corrected chi connectivity index (χ2v) is 7.59. The number of hydrogen-bond acceptors (Lipinski definition) is 4. The largest absolute Gasteiger partial charge is 0.332 e. The van der Waals surface area contributed by atoms with E-state index in [1.165, 1.54) is 12.1 Å². The Labute approximate surface area is 156 Å². The molecule has 2 aromatic rings. The molecule has 2 amide bonds. The van der Waals surface area contributed by atoms with E-state index in [0.29, 0.717) is 30.3 Å². The van der Waals surface area contributed by atoms with Gasteiger partial charge in [0.2, 0.25) is 11.8 Å². The standard InChI is InChI=1S/C20H21FN4O2/c1-11(2)5-18-22-8-12-9-25(10-17(12)23-18)20(27)15-7-19(26)24-16-6-13(21)3-4-14(15)16/h3-4,6,8,11,15H,5,7,9-10H2,1-2H3,(H,24,26). The van der Waals surface area contributed by atoms with Gasteiger partial charge in [-0.1, -0.05) is 19.9 Å². The van der Waals surface area contributed by atoms with Crippen LogP contribution in [0.5, 0.6) is 0 Å². The van der Waals surface area contributed by atoms with Gasteiger partial charge in [-0.2, -0.15) is 0 Å². The first-order chi connectivity index (χ1) is 12.9. The molecule has 6 nitrogen and oxygen atoms in total. The predicted molar refractivity (Wildman–Crippen MR) is 97.2 cm³/mol. The molecule has 2 aliphatic heterocycles. The second kappa shape index (κ2) is 6.72. The number of nitrogens with zero attached hydrogens (tertiary/aromatic N) is 3. The summed E-state index contributed by atoms with van der Waals surface area (Å²) in [6.45, 7) is 5.07. The fraction of sp³-hybridized carbons (Fsp3) is 0.400. The molecule has 27 heavy (non-hydrogen) atoms. The van der Waals surface area contributed by atoms with Gasteiger partial charge in [-0.25, -0.2) is 14.4 Å². The number of halogens is 1. The third-order valence-corrected chi connectivity index (χ3v) is 4.96. The van der Waals surface area contributed by atoms with Gasteiger partial charge in [-0.15, -0.1) is 0 Å². The van der Waals surface area contributed by atoms with Crippen LogP contribution in [0, 0.1) is 11.7 Å². The monoisotopic (exact) mass is 368 g/mol. The lowest BCUT2D eigenvalue weighted by atomic mass is 9.89. The Morgan fingerprint density at radius 2 is 2.19 bits per heavy atom. The van der Waals surface area contributed by atoms with Crippen molar-refractivity contribution < 1.29 is 14.0 Å². The Morgan fingerprint density at radius 3 is 2.96 bits per heavy atom. The van der Waals surface area contributed by atoms with Gasteiger partial charge in [-0.3, -0.25) is 9.59 Å². The van der Waals surface area contributed by atoms with E-state index in [1.807, 2.05) is 0 Å². The quantitative estimate of drug-likeness (QED) is 0.904. The molecule has 1 aromatic carbocycles. The molecule has 0 aliphatic carbocycles. The van der Waals surface area contributed by atoms with Crippen molar-refractivity contribution in [2.45, 2.75) is 45.7 Å². The van der Waals surface area contributed by atoms with Crippen LogP contribution in [0.25, 0.3) is 0 Å². The Balaban J connectivity index is 1.57. The van der Waals surface area contributed by atoms with Crippen LogP contribution in [-0.2, 0) is 29.1 Å². The number of rotatable bonds is 3. The van der Waals surface area contributed by atoms with Crippen molar-refractivity contribution in [2.24, 2.45) is 5.92 Å². The molecular weight excluding hydrogens is 347 g/mol. The summed E-state index contributed by atoms with van der Waals surface area (Å²) in [4.78, 5) is 35.8. The molecule has 0 saturated heterocycles. The van der Waals surface area contributed by atoms with E-state index in [2.05, 4.69) is 29.1 Å². The summed E-state index contributed by atoms with van der Waals surface area (Å²) in [5.41, 5.74) is 2.84. The van der Waals surface area contributed by atoms with Crippen LogP contribution < -0.4 is 5.32 Å². The van der Waals surface area contributed by atoms with E-state index in [4.69, 9.17) is 0 Å². The highest BCUT2D eigenvalue weighted by Crippen LogP contribution is 2.35. The van der Waals surface area contributed by atoms with Gasteiger partial charge in [0.15, 0.2) is 0 Å². The van der Waals surface area contributed by atoms with Crippen molar-refractivity contribution in [3.8, 4) is 0 Å². The molecule has 7 heteroatoms. The van der Waals surface area contributed by atoms with E-state index in [-0.39, 0.29) is 18.2 Å². The van der Waals surface area contributed by atoms with Crippen molar-refractivity contribution in [3.63, 3.8) is 0 Å². The molecule has 4 rings (SSSR count). The highest BCUT2D eigenvalue weighted by Gasteiger charge is 2.36. The van der Waals surface area contributed by atoms with E-state index in [0.717, 1.165) is 23.5 Å². The molecule has 0 spiro atoms. The highest BCUT2D eigenvalue weighted by atomic mass is 19.1. The smallest absolute Gasteiger partial charge is 0.231 e. The van der Waals surface area contributed by atoms with E-state index >= 15 is 0 Å². The summed E-state index contributed by atoms with van der Waals surface area (Å²) in [6, 6.07) is 4.16. The summed E-state index contributed by atoms with van der Waals surface area (Å²) in [5.74, 6) is -0.213. The van der Waals surface area contributed by atoms with Gasteiger partial charge in [0, 0.05) is 36.8 Å². The zero-order valence-electron chi connectivity index (χ0n) is 15.3. The van der Waals surface area contributed by atoms with Crippen LogP contribution in [0.1, 0.15) is 48.8 Å². The van der Waals surface area contributed by atoms with E-state index < -0.39 is 11.7 Å². The average molecular weight is 368 g/mol. The molecule has 0 bridgehead atoms. The van der Waals surface area contributed by atoms with Gasteiger partial charge in [0.05, 0.1) is 18.2 Å². The lowest BCUT2D eigenvalue weighted by Gasteiger charge is -2.28. The molecule has 1 unspecified atom stereocenters. The minimum absolute atomic E-state index is 0.0641. The lowest BCUT2D eigenvalue weighted by Crippen LogP contribution is -2.35. The maximum absolute atomic E-state index is 13.5. The number of nitrogens with one attached hydrogen (secondary N) is 1. The molecule has 140 valence electrons. The van der Waals surface area contributed by atoms with Crippen LogP contribution >= 0.6 is 0 Å². The number of carbonyl (C=O) groups is 2. The summed E-state index contributed by atoms with van der Waals surface area (Å²) in [7, 11) is 0. The molecule has 1 atom stereocenters. The van der Waals surface area contributed by atoms with E-state index in [9.17, 15) is 14.0 Å². The van der Waals surface area contributed by atoms with Crippen molar-refractivity contribution in [2.75, 3.05) is 5.32 Å². The Morgan fingerprint density at radius 1 is 1.37 bits per heavy atom. The minimum Gasteiger partial charge on any atom is -0.332 e. The Hall–Kier alpha value is -2.83. The number of amides is 2. The summed E-state index contributed by atoms with van der Waals surface area (Å²) < 4.78 is 13.5. The second-order valence-electron chi connectivity index (χ2n) is 7.59. The molecule has 0 radical (unpaired) electrons. The van der Waals surface area contributed by atoms with Crippen LogP contribution in [0.4, 0.5) is 10.1 Å². The number of hydrogen-bond donors (Lipinski definition) is 1. The Bertz CT molecular complexity index is 928. The molecular formula is C20H21FN4O2. The van der Waals surface area contributed by atoms with Crippen LogP contribution in [-0.4, -0.2) is 26.7 Å². The number of fused-ring (bicyclic) bond motifs is 2. The SMILES string of the molecule is CC(C)Cc1ncc2c(n1)CN(C(=O)C1CC(=O)Nc3cc(F)ccc31)C2. The average Bonchev–Trinajstić information content (AvgIpc) is 3.02. The molecule has 3 heterocycles. The third-order valence-electron chi connectivity index (χ3n) is 4.96. The topological polar surface area (TPSA) is 75.2 Å². The fourth-order valence-electron chi connectivity index (χ4n) is 3.69. The Kier molecular flexibility index (Phi) is 4.37. The summed E-state index contributed by atoms with van der Waals surface area (Å²) >= 11 is 0. The first-order valence-electron chi connectivity index (χ1n) is 9.12. The van der Waals surface area contributed by atoms with Crippen LogP contribution in [0.2, 0.25) is 0 Å². The first kappa shape index (κ1) is 17.6. The van der Waals surface area contributed by atoms with Crippen LogP contribution in [0.3, 0.4) is 0 Å². The van der Waals surface area contributed by atoms with Crippen molar-refractivity contribution in [1.29, 1.82) is 0 Å². The highest BCUT2D eigenvalue weighted by molar-refractivity contribution is 6.01. The third kappa shape index (κ3) is 3.41. The maximum Gasteiger partial charge on any atom is 0.231 e. The van der Waals surface area contributed by atoms with Crippen molar-refractivity contribution in [3.05, 3.63) is 52.9 Å². The van der Waals surface area contributed by atoms with Gasteiger partial charge >= 0.3 is 0 Å². The normalized spacial score (nSPS) is 18.3. The first-order valence-corrected chi connectivity index (χ1v) is 9.12. The zero-order valence-corrected chi connectivity index (χ0v) is 15.3. The molecule has 1 aromatic heterocycles. The molecule has 0 fully saturated rings. The minimum atomic E-state index is -0.605. The maximum atomic E-state index is 13.5. The fourth-order valence-corrected chi connectivity index (χ4v) is 3.69. The van der Waals surface area contributed by atoms with Gasteiger partial charge in [0.1, 0.15) is 11.6 Å². The predicted octanol–water partition coefficient (Wildman–Crippen LogP) is 2.78.